The summed E-state index contributed by atoms with van der Waals surface area (Å²) >= 11 is 6.88. The van der Waals surface area contributed by atoms with Crippen molar-refractivity contribution in [2.75, 3.05) is 5.32 Å². The van der Waals surface area contributed by atoms with Gasteiger partial charge in [-0.15, -0.1) is 11.3 Å². The van der Waals surface area contributed by atoms with Gasteiger partial charge in [-0.25, -0.2) is 9.97 Å². The summed E-state index contributed by atoms with van der Waals surface area (Å²) in [4.78, 5) is 19.7. The second-order valence-electron chi connectivity index (χ2n) is 2.82. The van der Waals surface area contributed by atoms with Gasteiger partial charge in [0, 0.05) is 5.38 Å². The second-order valence-corrected chi connectivity index (χ2v) is 6.44. The van der Waals surface area contributed by atoms with Crippen molar-refractivity contribution < 1.29 is 4.79 Å². The Kier molecular flexibility index (Phi) is 3.87. The molecular weight excluding hydrogens is 405 g/mol. The molecule has 0 saturated carbocycles. The van der Waals surface area contributed by atoms with Gasteiger partial charge in [-0.1, -0.05) is 0 Å². The zero-order chi connectivity index (χ0) is 11.5. The molecule has 0 unspecified atom stereocenters. The molecule has 2 aromatic heterocycles. The number of hydrogen-bond donors (Lipinski definition) is 1. The third kappa shape index (κ3) is 2.98. The van der Waals surface area contributed by atoms with Gasteiger partial charge in [-0.05, 0) is 44.6 Å². The minimum Gasteiger partial charge on any atom is -0.305 e. The molecule has 0 bridgehead atoms. The Morgan fingerprint density at radius 1 is 1.44 bits per heavy atom. The van der Waals surface area contributed by atoms with Gasteiger partial charge < -0.3 is 5.32 Å². The van der Waals surface area contributed by atoms with Crippen molar-refractivity contribution >= 4 is 61.6 Å². The SMILES string of the molecule is O=C(Nc1cnc(Br)cn1)c1csc(I)c1. The number of nitrogens with zero attached hydrogens (tertiary/aromatic N) is 2. The van der Waals surface area contributed by atoms with Gasteiger partial charge in [0.15, 0.2) is 5.82 Å². The monoisotopic (exact) mass is 409 g/mol. The van der Waals surface area contributed by atoms with E-state index in [1.165, 1.54) is 23.7 Å². The van der Waals surface area contributed by atoms with Crippen LogP contribution >= 0.6 is 49.9 Å². The van der Waals surface area contributed by atoms with E-state index in [1.54, 1.807) is 0 Å². The lowest BCUT2D eigenvalue weighted by Crippen LogP contribution is -2.12. The van der Waals surface area contributed by atoms with Crippen molar-refractivity contribution in [1.29, 1.82) is 0 Å². The fourth-order valence-electron chi connectivity index (χ4n) is 0.994. The summed E-state index contributed by atoms with van der Waals surface area (Å²) in [7, 11) is 0. The number of rotatable bonds is 2. The van der Waals surface area contributed by atoms with Gasteiger partial charge in [0.1, 0.15) is 4.60 Å². The Bertz CT molecular complexity index is 514. The van der Waals surface area contributed by atoms with Crippen molar-refractivity contribution in [3.8, 4) is 0 Å². The van der Waals surface area contributed by atoms with Gasteiger partial charge >= 0.3 is 0 Å². The molecule has 0 aliphatic carbocycles. The standard InChI is InChI=1S/C9H5BrIN3OS/c10-6-2-13-8(3-12-6)14-9(15)5-1-7(11)16-4-5/h1-4H,(H,13,14,15). The Balaban J connectivity index is 2.10. The van der Waals surface area contributed by atoms with Crippen molar-refractivity contribution in [2.24, 2.45) is 0 Å². The number of carbonyl (C=O) groups is 1. The van der Waals surface area contributed by atoms with E-state index in [0.29, 0.717) is 16.0 Å². The largest absolute Gasteiger partial charge is 0.305 e. The lowest BCUT2D eigenvalue weighted by Gasteiger charge is -2.01. The minimum atomic E-state index is -0.171. The summed E-state index contributed by atoms with van der Waals surface area (Å²) in [5.41, 5.74) is 0.638. The fourth-order valence-corrected chi connectivity index (χ4v) is 2.53. The number of aromatic nitrogens is 2. The van der Waals surface area contributed by atoms with Crippen LogP contribution in [-0.4, -0.2) is 15.9 Å². The zero-order valence-electron chi connectivity index (χ0n) is 7.78. The van der Waals surface area contributed by atoms with Crippen molar-refractivity contribution in [2.45, 2.75) is 0 Å². The summed E-state index contributed by atoms with van der Waals surface area (Å²) in [5.74, 6) is 0.269. The van der Waals surface area contributed by atoms with Crippen LogP contribution in [0.5, 0.6) is 0 Å². The van der Waals surface area contributed by atoms with Crippen LogP contribution in [-0.2, 0) is 0 Å². The van der Waals surface area contributed by atoms with E-state index < -0.39 is 0 Å². The maximum Gasteiger partial charge on any atom is 0.257 e. The third-order valence-electron chi connectivity index (χ3n) is 1.69. The van der Waals surface area contributed by atoms with Crippen LogP contribution in [0.3, 0.4) is 0 Å². The van der Waals surface area contributed by atoms with Crippen LogP contribution in [0.2, 0.25) is 0 Å². The number of nitrogens with one attached hydrogen (secondary N) is 1. The summed E-state index contributed by atoms with van der Waals surface area (Å²) in [6, 6.07) is 1.83. The summed E-state index contributed by atoms with van der Waals surface area (Å²) in [5, 5.41) is 4.48. The molecule has 0 fully saturated rings. The molecule has 0 spiro atoms. The summed E-state index contributed by atoms with van der Waals surface area (Å²) in [6.45, 7) is 0. The second kappa shape index (κ2) is 5.19. The maximum absolute atomic E-state index is 11.7. The number of halogens is 2. The normalized spacial score (nSPS) is 10.1. The van der Waals surface area contributed by atoms with E-state index in [0.717, 1.165) is 2.88 Å². The minimum absolute atomic E-state index is 0.171. The average Bonchev–Trinajstić information content (AvgIpc) is 2.68. The predicted octanol–water partition coefficient (Wildman–Crippen LogP) is 3.16. The Morgan fingerprint density at radius 2 is 2.25 bits per heavy atom. The molecule has 1 amide bonds. The summed E-state index contributed by atoms with van der Waals surface area (Å²) in [6.07, 6.45) is 3.03. The first-order valence-electron chi connectivity index (χ1n) is 4.18. The Hall–Kier alpha value is -0.540. The molecule has 1 N–H and O–H groups in total. The highest BCUT2D eigenvalue weighted by Gasteiger charge is 2.08. The van der Waals surface area contributed by atoms with Crippen molar-refractivity contribution in [1.82, 2.24) is 9.97 Å². The third-order valence-corrected chi connectivity index (χ3v) is 3.89. The summed E-state index contributed by atoms with van der Waals surface area (Å²) < 4.78 is 1.71. The molecule has 2 rings (SSSR count). The molecule has 0 saturated heterocycles. The van der Waals surface area contributed by atoms with Crippen LogP contribution in [0.25, 0.3) is 0 Å². The highest BCUT2D eigenvalue weighted by atomic mass is 127. The smallest absolute Gasteiger partial charge is 0.257 e. The average molecular weight is 410 g/mol. The lowest BCUT2D eigenvalue weighted by molar-refractivity contribution is 0.102. The topological polar surface area (TPSA) is 54.9 Å². The molecule has 0 radical (unpaired) electrons. The molecule has 0 aromatic carbocycles. The molecule has 16 heavy (non-hydrogen) atoms. The number of thiophene rings is 1. The van der Waals surface area contributed by atoms with Gasteiger partial charge in [0.05, 0.1) is 20.8 Å². The first kappa shape index (κ1) is 11.9. The number of anilines is 1. The van der Waals surface area contributed by atoms with E-state index in [4.69, 9.17) is 0 Å². The Labute approximate surface area is 118 Å². The molecule has 4 nitrogen and oxygen atoms in total. The number of carbonyl (C=O) groups excluding carboxylic acids is 1. The van der Waals surface area contributed by atoms with E-state index in [-0.39, 0.29) is 5.91 Å². The molecule has 0 aliphatic heterocycles. The van der Waals surface area contributed by atoms with E-state index >= 15 is 0 Å². The molecular formula is C9H5BrIN3OS. The van der Waals surface area contributed by atoms with Crippen LogP contribution in [0, 0.1) is 2.88 Å². The maximum atomic E-state index is 11.7. The molecule has 2 heterocycles. The number of amides is 1. The molecule has 2 aromatic rings. The number of hydrogen-bond acceptors (Lipinski definition) is 4. The zero-order valence-corrected chi connectivity index (χ0v) is 12.3. The van der Waals surface area contributed by atoms with Gasteiger partial charge in [0.25, 0.3) is 5.91 Å². The van der Waals surface area contributed by atoms with Crippen LogP contribution in [0.15, 0.2) is 28.4 Å². The van der Waals surface area contributed by atoms with Crippen LogP contribution in [0.1, 0.15) is 10.4 Å². The molecule has 7 heteroatoms. The molecule has 0 atom stereocenters. The Morgan fingerprint density at radius 3 is 2.81 bits per heavy atom. The van der Waals surface area contributed by atoms with Crippen molar-refractivity contribution in [3.63, 3.8) is 0 Å². The van der Waals surface area contributed by atoms with Gasteiger partial charge in [-0.3, -0.25) is 4.79 Å². The fraction of sp³-hybridized carbons (Fsp3) is 0. The molecule has 82 valence electrons. The predicted molar refractivity (Wildman–Crippen MR) is 74.7 cm³/mol. The first-order chi connectivity index (χ1) is 7.65. The van der Waals surface area contributed by atoms with E-state index in [1.807, 2.05) is 11.4 Å². The first-order valence-corrected chi connectivity index (χ1v) is 6.93. The highest BCUT2D eigenvalue weighted by Crippen LogP contribution is 2.17. The molecule has 0 aliphatic rings. The lowest BCUT2D eigenvalue weighted by atomic mass is 10.3. The van der Waals surface area contributed by atoms with Gasteiger partial charge in [-0.2, -0.15) is 0 Å². The highest BCUT2D eigenvalue weighted by molar-refractivity contribution is 14.1. The van der Waals surface area contributed by atoms with E-state index in [9.17, 15) is 4.79 Å². The van der Waals surface area contributed by atoms with Crippen LogP contribution in [0.4, 0.5) is 5.82 Å². The quantitative estimate of drug-likeness (QED) is 0.775. The van der Waals surface area contributed by atoms with Crippen LogP contribution < -0.4 is 5.32 Å². The van der Waals surface area contributed by atoms with Crippen molar-refractivity contribution in [3.05, 3.63) is 36.9 Å². The van der Waals surface area contributed by atoms with Gasteiger partial charge in [0.2, 0.25) is 0 Å². The van der Waals surface area contributed by atoms with E-state index in [2.05, 4.69) is 53.8 Å².